The highest BCUT2D eigenvalue weighted by Crippen LogP contribution is 2.34. The Bertz CT molecular complexity index is 1080. The van der Waals surface area contributed by atoms with Crippen molar-refractivity contribution in [2.24, 2.45) is 4.99 Å². The average molecular weight is 482 g/mol. The van der Waals surface area contributed by atoms with Gasteiger partial charge in [-0.15, -0.1) is 0 Å². The van der Waals surface area contributed by atoms with E-state index in [1.165, 1.54) is 6.33 Å². The van der Waals surface area contributed by atoms with E-state index in [0.29, 0.717) is 74.4 Å². The lowest BCUT2D eigenvalue weighted by Gasteiger charge is -2.25. The van der Waals surface area contributed by atoms with Crippen LogP contribution in [0.25, 0.3) is 0 Å². The number of aliphatic imine (C=N–C) groups is 1. The summed E-state index contributed by atoms with van der Waals surface area (Å²) >= 11 is 0. The van der Waals surface area contributed by atoms with Crippen LogP contribution < -0.4 is 15.4 Å². The summed E-state index contributed by atoms with van der Waals surface area (Å²) in [6.45, 7) is 3.62. The van der Waals surface area contributed by atoms with Gasteiger partial charge in [0, 0.05) is 52.6 Å². The summed E-state index contributed by atoms with van der Waals surface area (Å²) in [5, 5.41) is 6.10. The van der Waals surface area contributed by atoms with Gasteiger partial charge in [-0.25, -0.2) is 9.97 Å². The molecule has 2 N–H and O–H groups in total. The molecular weight excluding hydrogens is 450 g/mol. The van der Waals surface area contributed by atoms with Crippen LogP contribution in [0, 0.1) is 0 Å². The van der Waals surface area contributed by atoms with Gasteiger partial charge in [0.15, 0.2) is 0 Å². The molecule has 0 fully saturated rings. The molecule has 2 amide bonds. The zero-order chi connectivity index (χ0) is 24.6. The number of likely N-dealkylation sites (N-methyl/N-ethyl adjacent to an activating group) is 1. The van der Waals surface area contributed by atoms with Gasteiger partial charge in [-0.1, -0.05) is 6.07 Å². The van der Waals surface area contributed by atoms with Crippen LogP contribution in [-0.2, 0) is 14.3 Å². The molecule has 4 rings (SSSR count). The van der Waals surface area contributed by atoms with Crippen LogP contribution in [0.1, 0.15) is 17.9 Å². The van der Waals surface area contributed by atoms with Crippen molar-refractivity contribution < 1.29 is 19.1 Å². The van der Waals surface area contributed by atoms with Gasteiger partial charge in [0.2, 0.25) is 11.8 Å². The van der Waals surface area contributed by atoms with Crippen molar-refractivity contribution in [1.82, 2.24) is 19.8 Å². The predicted octanol–water partition coefficient (Wildman–Crippen LogP) is 1.52. The van der Waals surface area contributed by atoms with Crippen LogP contribution in [0.15, 0.2) is 35.6 Å². The van der Waals surface area contributed by atoms with Gasteiger partial charge < -0.3 is 25.0 Å². The van der Waals surface area contributed by atoms with E-state index in [1.54, 1.807) is 25.3 Å². The summed E-state index contributed by atoms with van der Waals surface area (Å²) in [4.78, 5) is 42.3. The Morgan fingerprint density at radius 3 is 2.91 bits per heavy atom. The van der Waals surface area contributed by atoms with Crippen molar-refractivity contribution in [2.75, 3.05) is 70.7 Å². The summed E-state index contributed by atoms with van der Waals surface area (Å²) in [6, 6.07) is 7.37. The molecule has 0 saturated heterocycles. The number of rotatable bonds is 3. The molecule has 2 aliphatic rings. The third-order valence-corrected chi connectivity index (χ3v) is 5.94. The van der Waals surface area contributed by atoms with Crippen LogP contribution in [0.3, 0.4) is 0 Å². The molecule has 11 heteroatoms. The van der Waals surface area contributed by atoms with Gasteiger partial charge in [0.1, 0.15) is 36.2 Å². The van der Waals surface area contributed by atoms with Gasteiger partial charge in [0.25, 0.3) is 0 Å². The second-order valence-corrected chi connectivity index (χ2v) is 8.44. The average Bonchev–Trinajstić information content (AvgIpc) is 3.18. The van der Waals surface area contributed by atoms with Crippen LogP contribution in [0.2, 0.25) is 0 Å². The zero-order valence-electron chi connectivity index (χ0n) is 20.1. The highest BCUT2D eigenvalue weighted by Gasteiger charge is 2.33. The second kappa shape index (κ2) is 11.7. The van der Waals surface area contributed by atoms with E-state index in [9.17, 15) is 9.59 Å². The molecular formula is C24H31N7O4. The number of amides is 2. The Morgan fingerprint density at radius 2 is 2.06 bits per heavy atom. The smallest absolute Gasteiger partial charge is 0.238 e. The molecule has 0 saturated carbocycles. The number of nitrogens with zero attached hydrogens (tertiary/aromatic N) is 5. The lowest BCUT2D eigenvalue weighted by Crippen LogP contribution is -2.42. The Labute approximate surface area is 204 Å². The summed E-state index contributed by atoms with van der Waals surface area (Å²) < 4.78 is 11.1. The number of anilines is 2. The third kappa shape index (κ3) is 6.31. The molecule has 2 bridgehead atoms. The SMILES string of the molecule is COCCN1CCOc2cccc(c2)N=CC2C(=O)Nc3ncnc(c32)NCCCN(C)C(=O)C1. The maximum absolute atomic E-state index is 12.8. The van der Waals surface area contributed by atoms with Crippen LogP contribution in [-0.4, -0.2) is 97.9 Å². The molecule has 35 heavy (non-hydrogen) atoms. The predicted molar refractivity (Wildman–Crippen MR) is 133 cm³/mol. The molecule has 11 nitrogen and oxygen atoms in total. The lowest BCUT2D eigenvalue weighted by molar-refractivity contribution is -0.131. The number of hydrogen-bond donors (Lipinski definition) is 2. The van der Waals surface area contributed by atoms with E-state index >= 15 is 0 Å². The first-order valence-corrected chi connectivity index (χ1v) is 11.7. The zero-order valence-corrected chi connectivity index (χ0v) is 20.1. The minimum atomic E-state index is -0.612. The fourth-order valence-electron chi connectivity index (χ4n) is 3.96. The van der Waals surface area contributed by atoms with E-state index in [-0.39, 0.29) is 18.4 Å². The van der Waals surface area contributed by atoms with Crippen molar-refractivity contribution >= 4 is 35.4 Å². The van der Waals surface area contributed by atoms with Crippen LogP contribution in [0.4, 0.5) is 17.3 Å². The molecule has 1 atom stereocenters. The Morgan fingerprint density at radius 1 is 1.20 bits per heavy atom. The topological polar surface area (TPSA) is 121 Å². The van der Waals surface area contributed by atoms with Crippen molar-refractivity contribution in [1.29, 1.82) is 0 Å². The maximum Gasteiger partial charge on any atom is 0.238 e. The van der Waals surface area contributed by atoms with Crippen molar-refractivity contribution in [3.8, 4) is 5.75 Å². The maximum atomic E-state index is 12.8. The van der Waals surface area contributed by atoms with E-state index in [1.807, 2.05) is 29.2 Å². The first kappa shape index (κ1) is 24.6. The standard InChI is InChI=1S/C24H31N7O4/c1-30-8-4-7-25-22-21-19(24(33)29-23(21)28-16-27-22)14-26-17-5-3-6-18(13-17)35-12-10-31(9-11-34-2)15-20(30)32/h3,5-6,13-14,16,19H,4,7-12,15H2,1-2H3,(H2,25,27,28,29,33). The van der Waals surface area contributed by atoms with Crippen molar-refractivity contribution in [3.63, 3.8) is 0 Å². The minimum absolute atomic E-state index is 0.0344. The Kier molecular flexibility index (Phi) is 8.22. The van der Waals surface area contributed by atoms with E-state index in [2.05, 4.69) is 25.6 Å². The van der Waals surface area contributed by atoms with E-state index in [0.717, 1.165) is 0 Å². The third-order valence-electron chi connectivity index (χ3n) is 5.94. The van der Waals surface area contributed by atoms with Gasteiger partial charge in [-0.2, -0.15) is 0 Å². The number of ether oxygens (including phenoxy) is 2. The molecule has 0 radical (unpaired) electrons. The molecule has 3 heterocycles. The summed E-state index contributed by atoms with van der Waals surface area (Å²) in [5.41, 5.74) is 1.34. The molecule has 1 aromatic carbocycles. The summed E-state index contributed by atoms with van der Waals surface area (Å²) in [6.07, 6.45) is 3.75. The number of fused-ring (bicyclic) bond motifs is 2. The van der Waals surface area contributed by atoms with Crippen molar-refractivity contribution in [3.05, 3.63) is 36.2 Å². The molecule has 186 valence electrons. The van der Waals surface area contributed by atoms with E-state index < -0.39 is 5.92 Å². The molecule has 2 aliphatic heterocycles. The Balaban J connectivity index is 1.58. The largest absolute Gasteiger partial charge is 0.492 e. The molecule has 2 aromatic rings. The first-order valence-electron chi connectivity index (χ1n) is 11.7. The number of aromatic nitrogens is 2. The quantitative estimate of drug-likeness (QED) is 0.677. The van der Waals surface area contributed by atoms with E-state index in [4.69, 9.17) is 9.47 Å². The molecule has 0 spiro atoms. The van der Waals surface area contributed by atoms with Crippen LogP contribution in [0.5, 0.6) is 5.75 Å². The monoisotopic (exact) mass is 481 g/mol. The van der Waals surface area contributed by atoms with Gasteiger partial charge in [-0.3, -0.25) is 19.5 Å². The highest BCUT2D eigenvalue weighted by atomic mass is 16.5. The molecule has 1 unspecified atom stereocenters. The number of nitrogens with one attached hydrogen (secondary N) is 2. The summed E-state index contributed by atoms with van der Waals surface area (Å²) in [7, 11) is 3.45. The Hall–Kier alpha value is -3.57. The number of methoxy groups -OCH3 is 1. The number of carbonyl (C=O) groups is 2. The highest BCUT2D eigenvalue weighted by molar-refractivity contribution is 6.13. The summed E-state index contributed by atoms with van der Waals surface area (Å²) in [5.74, 6) is 0.947. The van der Waals surface area contributed by atoms with Gasteiger partial charge in [0.05, 0.1) is 24.4 Å². The second-order valence-electron chi connectivity index (χ2n) is 8.44. The fraction of sp³-hybridized carbons (Fsp3) is 0.458. The van der Waals surface area contributed by atoms with Crippen molar-refractivity contribution in [2.45, 2.75) is 12.3 Å². The first-order chi connectivity index (χ1) is 17.0. The number of hydrogen-bond acceptors (Lipinski definition) is 9. The molecule has 0 aliphatic carbocycles. The van der Waals surface area contributed by atoms with Gasteiger partial charge in [-0.05, 0) is 18.6 Å². The number of benzene rings is 1. The number of carbonyl (C=O) groups excluding carboxylic acids is 2. The minimum Gasteiger partial charge on any atom is -0.492 e. The van der Waals surface area contributed by atoms with Gasteiger partial charge >= 0.3 is 0 Å². The molecule has 1 aromatic heterocycles. The fourth-order valence-corrected chi connectivity index (χ4v) is 3.96. The normalized spacial score (nSPS) is 19.6. The lowest BCUT2D eigenvalue weighted by atomic mass is 10.0. The van der Waals surface area contributed by atoms with Crippen LogP contribution >= 0.6 is 0 Å².